The number of unbranched alkanes of at least 4 members (excludes halogenated alkanes) is 9. The molecule has 0 spiro atoms. The molecule has 0 aliphatic rings. The maximum atomic E-state index is 9.27. The summed E-state index contributed by atoms with van der Waals surface area (Å²) in [7, 11) is 0. The molecule has 0 fully saturated rings. The first kappa shape index (κ1) is 26.4. The van der Waals surface area contributed by atoms with Crippen LogP contribution in [0.3, 0.4) is 0 Å². The average molecular weight is 366 g/mol. The number of halogens is 1. The largest absolute Gasteiger partial charge is 1.00 e. The first-order chi connectivity index (χ1) is 11.3. The quantitative estimate of drug-likeness (QED) is 0.307. The summed E-state index contributed by atoms with van der Waals surface area (Å²) in [5, 5.41) is 18.5. The van der Waals surface area contributed by atoms with Gasteiger partial charge < -0.3 is 27.5 Å². The minimum Gasteiger partial charge on any atom is -1.00 e. The molecule has 1 atom stereocenters. The molecule has 3 nitrogen and oxygen atoms in total. The predicted molar refractivity (Wildman–Crippen MR) is 100 cm³/mol. The second-order valence-corrected chi connectivity index (χ2v) is 7.06. The lowest BCUT2D eigenvalue weighted by atomic mass is 9.99. The fourth-order valence-electron chi connectivity index (χ4n) is 3.52. The highest BCUT2D eigenvalue weighted by atomic mass is 35.5. The van der Waals surface area contributed by atoms with Crippen LogP contribution in [0.2, 0.25) is 0 Å². The SMILES string of the molecule is CCCCCCCCCCCC(CCCC)[NH+](CCO)CCO.[Cl-]. The van der Waals surface area contributed by atoms with Gasteiger partial charge in [-0.25, -0.2) is 0 Å². The van der Waals surface area contributed by atoms with Gasteiger partial charge in [-0.2, -0.15) is 0 Å². The lowest BCUT2D eigenvalue weighted by Gasteiger charge is -2.28. The van der Waals surface area contributed by atoms with E-state index >= 15 is 0 Å². The number of hydrogen-bond acceptors (Lipinski definition) is 2. The first-order valence-electron chi connectivity index (χ1n) is 10.4. The molecule has 0 heterocycles. The summed E-state index contributed by atoms with van der Waals surface area (Å²) in [5.41, 5.74) is 0. The average Bonchev–Trinajstić information content (AvgIpc) is 2.56. The second-order valence-electron chi connectivity index (χ2n) is 7.06. The summed E-state index contributed by atoms with van der Waals surface area (Å²) in [6.07, 6.45) is 17.4. The summed E-state index contributed by atoms with van der Waals surface area (Å²) in [4.78, 5) is 1.41. The maximum Gasteiger partial charge on any atom is 0.101 e. The molecule has 0 aromatic carbocycles. The highest BCUT2D eigenvalue weighted by molar-refractivity contribution is 4.58. The van der Waals surface area contributed by atoms with Crippen molar-refractivity contribution >= 4 is 0 Å². The van der Waals surface area contributed by atoms with E-state index in [1.807, 2.05) is 0 Å². The smallest absolute Gasteiger partial charge is 0.101 e. The minimum atomic E-state index is 0. The van der Waals surface area contributed by atoms with Gasteiger partial charge in [-0.05, 0) is 25.7 Å². The molecule has 0 aromatic rings. The van der Waals surface area contributed by atoms with Crippen LogP contribution in [0.4, 0.5) is 0 Å². The van der Waals surface area contributed by atoms with Crippen LogP contribution in [0.1, 0.15) is 97.3 Å². The van der Waals surface area contributed by atoms with Gasteiger partial charge in [-0.15, -0.1) is 0 Å². The van der Waals surface area contributed by atoms with Crippen molar-refractivity contribution in [3.63, 3.8) is 0 Å². The zero-order valence-corrected chi connectivity index (χ0v) is 17.1. The molecule has 0 saturated carbocycles. The third-order valence-corrected chi connectivity index (χ3v) is 5.01. The van der Waals surface area contributed by atoms with Crippen molar-refractivity contribution in [2.75, 3.05) is 26.3 Å². The van der Waals surface area contributed by atoms with E-state index in [1.165, 1.54) is 88.4 Å². The zero-order chi connectivity index (χ0) is 17.2. The molecule has 148 valence electrons. The van der Waals surface area contributed by atoms with Gasteiger partial charge in [0.15, 0.2) is 0 Å². The Labute approximate surface area is 157 Å². The van der Waals surface area contributed by atoms with Crippen molar-refractivity contribution < 1.29 is 27.5 Å². The van der Waals surface area contributed by atoms with Crippen molar-refractivity contribution in [2.24, 2.45) is 0 Å². The van der Waals surface area contributed by atoms with Gasteiger partial charge in [-0.3, -0.25) is 0 Å². The molecule has 0 rings (SSSR count). The lowest BCUT2D eigenvalue weighted by Crippen LogP contribution is -3.16. The third-order valence-electron chi connectivity index (χ3n) is 5.01. The van der Waals surface area contributed by atoms with Gasteiger partial charge in [-0.1, -0.05) is 71.6 Å². The van der Waals surface area contributed by atoms with E-state index in [1.54, 1.807) is 0 Å². The van der Waals surface area contributed by atoms with Crippen LogP contribution in [0, 0.1) is 0 Å². The summed E-state index contributed by atoms with van der Waals surface area (Å²) < 4.78 is 0. The standard InChI is InChI=1S/C20H43NO2.ClH/c1-3-5-7-8-9-10-11-12-13-15-20(14-6-4-2)21(16-18-22)17-19-23;/h20,22-23H,3-19H2,1-2H3;1H. The highest BCUT2D eigenvalue weighted by Gasteiger charge is 2.20. The molecule has 1 unspecified atom stereocenters. The Morgan fingerprint density at radius 3 is 1.50 bits per heavy atom. The number of nitrogens with one attached hydrogen (secondary N) is 1. The van der Waals surface area contributed by atoms with Crippen molar-refractivity contribution in [3.05, 3.63) is 0 Å². The number of rotatable bonds is 18. The van der Waals surface area contributed by atoms with Crippen LogP contribution in [0.5, 0.6) is 0 Å². The Morgan fingerprint density at radius 2 is 1.04 bits per heavy atom. The molecule has 0 saturated heterocycles. The Hall–Kier alpha value is 0.170. The van der Waals surface area contributed by atoms with Crippen molar-refractivity contribution in [2.45, 2.75) is 103 Å². The molecule has 0 bridgehead atoms. The van der Waals surface area contributed by atoms with E-state index in [2.05, 4.69) is 13.8 Å². The van der Waals surface area contributed by atoms with Crippen LogP contribution in [0.25, 0.3) is 0 Å². The zero-order valence-electron chi connectivity index (χ0n) is 16.4. The van der Waals surface area contributed by atoms with E-state index in [9.17, 15) is 10.2 Å². The van der Waals surface area contributed by atoms with Gasteiger partial charge in [0.1, 0.15) is 13.1 Å². The summed E-state index contributed by atoms with van der Waals surface area (Å²) in [5.74, 6) is 0. The van der Waals surface area contributed by atoms with Crippen molar-refractivity contribution in [1.82, 2.24) is 0 Å². The van der Waals surface area contributed by atoms with Crippen LogP contribution in [-0.2, 0) is 0 Å². The van der Waals surface area contributed by atoms with Crippen molar-refractivity contribution in [1.29, 1.82) is 0 Å². The molecular weight excluding hydrogens is 322 g/mol. The molecule has 4 heteroatoms. The van der Waals surface area contributed by atoms with Gasteiger partial charge in [0, 0.05) is 0 Å². The first-order valence-corrected chi connectivity index (χ1v) is 10.4. The van der Waals surface area contributed by atoms with E-state index in [0.717, 1.165) is 13.1 Å². The van der Waals surface area contributed by atoms with Crippen LogP contribution < -0.4 is 17.3 Å². The highest BCUT2D eigenvalue weighted by Crippen LogP contribution is 2.12. The lowest BCUT2D eigenvalue weighted by molar-refractivity contribution is -0.927. The molecule has 0 aliphatic carbocycles. The summed E-state index contributed by atoms with van der Waals surface area (Å²) >= 11 is 0. The normalized spacial score (nSPS) is 12.4. The Kier molecular flexibility index (Phi) is 23.3. The monoisotopic (exact) mass is 365 g/mol. The third kappa shape index (κ3) is 15.7. The summed E-state index contributed by atoms with van der Waals surface area (Å²) in [6.45, 7) is 6.55. The second kappa shape index (κ2) is 21.2. The number of aliphatic hydroxyl groups excluding tert-OH is 2. The molecule has 0 aromatic heterocycles. The Morgan fingerprint density at radius 1 is 0.625 bits per heavy atom. The molecule has 3 N–H and O–H groups in total. The van der Waals surface area contributed by atoms with E-state index in [0.29, 0.717) is 6.04 Å². The fourth-order valence-corrected chi connectivity index (χ4v) is 3.52. The van der Waals surface area contributed by atoms with E-state index in [4.69, 9.17) is 0 Å². The van der Waals surface area contributed by atoms with Crippen LogP contribution in [-0.4, -0.2) is 42.6 Å². The predicted octanol–water partition coefficient (Wildman–Crippen LogP) is 0.340. The number of quaternary nitrogens is 1. The van der Waals surface area contributed by atoms with E-state index < -0.39 is 0 Å². The van der Waals surface area contributed by atoms with Gasteiger partial charge in [0.25, 0.3) is 0 Å². The molecule has 0 aliphatic heterocycles. The van der Waals surface area contributed by atoms with Gasteiger partial charge >= 0.3 is 0 Å². The molecule has 0 radical (unpaired) electrons. The Bertz CT molecular complexity index is 224. The van der Waals surface area contributed by atoms with Crippen molar-refractivity contribution in [3.8, 4) is 0 Å². The molecule has 24 heavy (non-hydrogen) atoms. The van der Waals surface area contributed by atoms with Gasteiger partial charge in [0.05, 0.1) is 19.3 Å². The maximum absolute atomic E-state index is 9.27. The number of aliphatic hydroxyl groups is 2. The molecule has 0 amide bonds. The van der Waals surface area contributed by atoms with Gasteiger partial charge in [0.2, 0.25) is 0 Å². The Balaban J connectivity index is 0. The molecular formula is C20H44ClNO2. The fraction of sp³-hybridized carbons (Fsp3) is 1.00. The summed E-state index contributed by atoms with van der Waals surface area (Å²) in [6, 6.07) is 0.624. The number of hydrogen-bond donors (Lipinski definition) is 3. The van der Waals surface area contributed by atoms with Crippen LogP contribution in [0.15, 0.2) is 0 Å². The minimum absolute atomic E-state index is 0. The topological polar surface area (TPSA) is 44.9 Å². The van der Waals surface area contributed by atoms with E-state index in [-0.39, 0.29) is 25.6 Å². The van der Waals surface area contributed by atoms with Crippen LogP contribution >= 0.6 is 0 Å².